The summed E-state index contributed by atoms with van der Waals surface area (Å²) in [4.78, 5) is 41.8. The van der Waals surface area contributed by atoms with Crippen LogP contribution in [0.3, 0.4) is 0 Å². The summed E-state index contributed by atoms with van der Waals surface area (Å²) in [6, 6.07) is 22.6. The predicted octanol–water partition coefficient (Wildman–Crippen LogP) is 3.84. The van der Waals surface area contributed by atoms with Crippen molar-refractivity contribution in [3.8, 4) is 0 Å². The standard InChI is InChI=1S/C25H21FN2O3/c26-20-13-11-19(12-14-20)24(30)27(16-15-18-7-3-1-4-8-18)22-17-23(29)28(25(22)31)21-9-5-2-6-10-21/h1-14,22H,15-17H2. The number of carbonyl (C=O) groups excluding carboxylic acids is 3. The molecule has 6 heteroatoms. The van der Waals surface area contributed by atoms with Gasteiger partial charge in [-0.3, -0.25) is 14.4 Å². The lowest BCUT2D eigenvalue weighted by Gasteiger charge is -2.28. The highest BCUT2D eigenvalue weighted by Crippen LogP contribution is 2.27. The van der Waals surface area contributed by atoms with Crippen LogP contribution >= 0.6 is 0 Å². The lowest BCUT2D eigenvalue weighted by Crippen LogP contribution is -2.46. The van der Waals surface area contributed by atoms with Crippen molar-refractivity contribution >= 4 is 23.4 Å². The van der Waals surface area contributed by atoms with Crippen LogP contribution in [0.15, 0.2) is 84.9 Å². The fourth-order valence-electron chi connectivity index (χ4n) is 3.76. The van der Waals surface area contributed by atoms with Gasteiger partial charge in [-0.2, -0.15) is 0 Å². The highest BCUT2D eigenvalue weighted by atomic mass is 19.1. The summed E-state index contributed by atoms with van der Waals surface area (Å²) < 4.78 is 13.3. The quantitative estimate of drug-likeness (QED) is 0.574. The molecule has 0 aliphatic carbocycles. The van der Waals surface area contributed by atoms with Crippen LogP contribution in [0.4, 0.5) is 10.1 Å². The molecular formula is C25H21FN2O3. The molecule has 0 aromatic heterocycles. The molecule has 1 aliphatic rings. The molecule has 0 saturated carbocycles. The zero-order valence-corrected chi connectivity index (χ0v) is 16.8. The minimum absolute atomic E-state index is 0.0878. The lowest BCUT2D eigenvalue weighted by atomic mass is 10.1. The van der Waals surface area contributed by atoms with E-state index in [1.807, 2.05) is 30.3 Å². The number of carbonyl (C=O) groups is 3. The highest BCUT2D eigenvalue weighted by Gasteiger charge is 2.44. The van der Waals surface area contributed by atoms with Gasteiger partial charge in [-0.05, 0) is 48.4 Å². The minimum Gasteiger partial charge on any atom is -0.326 e. The van der Waals surface area contributed by atoms with Crippen LogP contribution in [0.25, 0.3) is 0 Å². The van der Waals surface area contributed by atoms with Crippen LogP contribution in [0.2, 0.25) is 0 Å². The molecule has 1 atom stereocenters. The predicted molar refractivity (Wildman–Crippen MR) is 115 cm³/mol. The molecule has 0 bridgehead atoms. The molecule has 0 N–H and O–H groups in total. The Labute approximate surface area is 179 Å². The van der Waals surface area contributed by atoms with E-state index in [0.717, 1.165) is 10.5 Å². The van der Waals surface area contributed by atoms with Crippen molar-refractivity contribution in [2.75, 3.05) is 11.4 Å². The summed E-state index contributed by atoms with van der Waals surface area (Å²) in [7, 11) is 0. The maximum atomic E-state index is 13.3. The number of amides is 3. The normalized spacial score (nSPS) is 15.9. The molecule has 3 aromatic carbocycles. The molecule has 1 fully saturated rings. The first-order valence-electron chi connectivity index (χ1n) is 10.1. The van der Waals surface area contributed by atoms with Crippen LogP contribution in [-0.4, -0.2) is 35.2 Å². The van der Waals surface area contributed by atoms with E-state index in [-0.39, 0.29) is 24.4 Å². The van der Waals surface area contributed by atoms with Crippen LogP contribution in [0, 0.1) is 5.82 Å². The van der Waals surface area contributed by atoms with E-state index in [0.29, 0.717) is 12.1 Å². The summed E-state index contributed by atoms with van der Waals surface area (Å²) in [5.74, 6) is -1.63. The van der Waals surface area contributed by atoms with Gasteiger partial charge in [-0.15, -0.1) is 0 Å². The third kappa shape index (κ3) is 4.38. The smallest absolute Gasteiger partial charge is 0.257 e. The van der Waals surface area contributed by atoms with Gasteiger partial charge in [0.05, 0.1) is 12.1 Å². The van der Waals surface area contributed by atoms with Crippen LogP contribution in [-0.2, 0) is 16.0 Å². The van der Waals surface area contributed by atoms with Crippen molar-refractivity contribution in [3.05, 3.63) is 102 Å². The van der Waals surface area contributed by atoms with Crippen molar-refractivity contribution in [3.63, 3.8) is 0 Å². The van der Waals surface area contributed by atoms with Gasteiger partial charge in [0.15, 0.2) is 0 Å². The number of hydrogen-bond acceptors (Lipinski definition) is 3. The summed E-state index contributed by atoms with van der Waals surface area (Å²) >= 11 is 0. The Morgan fingerprint density at radius 3 is 2.16 bits per heavy atom. The first-order valence-corrected chi connectivity index (χ1v) is 10.1. The highest BCUT2D eigenvalue weighted by molar-refractivity contribution is 6.23. The largest absolute Gasteiger partial charge is 0.326 e. The fraction of sp³-hybridized carbons (Fsp3) is 0.160. The van der Waals surface area contributed by atoms with Gasteiger partial charge in [-0.25, -0.2) is 9.29 Å². The molecule has 156 valence electrons. The summed E-state index contributed by atoms with van der Waals surface area (Å²) in [6.45, 7) is 0.256. The number of imide groups is 1. The topological polar surface area (TPSA) is 57.7 Å². The summed E-state index contributed by atoms with van der Waals surface area (Å²) in [6.07, 6.45) is 0.437. The average molecular weight is 416 g/mol. The summed E-state index contributed by atoms with van der Waals surface area (Å²) in [5, 5.41) is 0. The van der Waals surface area contributed by atoms with E-state index in [1.54, 1.807) is 30.3 Å². The molecule has 1 heterocycles. The Morgan fingerprint density at radius 2 is 1.52 bits per heavy atom. The van der Waals surface area contributed by atoms with Gasteiger partial charge < -0.3 is 4.90 Å². The van der Waals surface area contributed by atoms with Gasteiger partial charge in [0.1, 0.15) is 11.9 Å². The second-order valence-electron chi connectivity index (χ2n) is 7.36. The molecule has 3 aromatic rings. The van der Waals surface area contributed by atoms with E-state index in [2.05, 4.69) is 0 Å². The fourth-order valence-corrected chi connectivity index (χ4v) is 3.76. The monoisotopic (exact) mass is 416 g/mol. The molecule has 1 unspecified atom stereocenters. The maximum Gasteiger partial charge on any atom is 0.257 e. The van der Waals surface area contributed by atoms with Gasteiger partial charge in [0.2, 0.25) is 5.91 Å². The Balaban J connectivity index is 1.63. The van der Waals surface area contributed by atoms with Gasteiger partial charge >= 0.3 is 0 Å². The minimum atomic E-state index is -0.908. The molecule has 0 spiro atoms. The summed E-state index contributed by atoms with van der Waals surface area (Å²) in [5.41, 5.74) is 1.77. The Kier molecular flexibility index (Phi) is 5.89. The van der Waals surface area contributed by atoms with Crippen molar-refractivity contribution in [2.24, 2.45) is 0 Å². The number of hydrogen-bond donors (Lipinski definition) is 0. The Morgan fingerprint density at radius 1 is 0.903 bits per heavy atom. The van der Waals surface area contributed by atoms with E-state index in [9.17, 15) is 18.8 Å². The third-order valence-corrected chi connectivity index (χ3v) is 5.35. The Hall–Kier alpha value is -3.80. The van der Waals surface area contributed by atoms with Gasteiger partial charge in [0.25, 0.3) is 11.8 Å². The first-order chi connectivity index (χ1) is 15.0. The number of anilines is 1. The van der Waals surface area contributed by atoms with Crippen LogP contribution < -0.4 is 4.90 Å². The number of halogens is 1. The molecular weight excluding hydrogens is 395 g/mol. The van der Waals surface area contributed by atoms with Crippen molar-refractivity contribution < 1.29 is 18.8 Å². The van der Waals surface area contributed by atoms with Crippen LogP contribution in [0.5, 0.6) is 0 Å². The second-order valence-corrected chi connectivity index (χ2v) is 7.36. The third-order valence-electron chi connectivity index (χ3n) is 5.35. The zero-order valence-electron chi connectivity index (χ0n) is 16.8. The molecule has 1 saturated heterocycles. The molecule has 4 rings (SSSR count). The van der Waals surface area contributed by atoms with E-state index < -0.39 is 23.7 Å². The number of benzene rings is 3. The lowest BCUT2D eigenvalue weighted by molar-refractivity contribution is -0.122. The number of para-hydroxylation sites is 1. The van der Waals surface area contributed by atoms with Crippen LogP contribution in [0.1, 0.15) is 22.3 Å². The average Bonchev–Trinajstić information content (AvgIpc) is 3.09. The zero-order chi connectivity index (χ0) is 21.8. The van der Waals surface area contributed by atoms with Crippen molar-refractivity contribution in [1.82, 2.24) is 4.90 Å². The van der Waals surface area contributed by atoms with Crippen molar-refractivity contribution in [1.29, 1.82) is 0 Å². The van der Waals surface area contributed by atoms with E-state index in [1.165, 1.54) is 29.2 Å². The Bertz CT molecular complexity index is 1080. The maximum absolute atomic E-state index is 13.3. The number of nitrogens with zero attached hydrogens (tertiary/aromatic N) is 2. The molecule has 0 radical (unpaired) electrons. The SMILES string of the molecule is O=C1CC(N(CCc2ccccc2)C(=O)c2ccc(F)cc2)C(=O)N1c1ccccc1. The number of rotatable bonds is 6. The molecule has 1 aliphatic heterocycles. The van der Waals surface area contributed by atoms with E-state index >= 15 is 0 Å². The van der Waals surface area contributed by atoms with E-state index in [4.69, 9.17) is 0 Å². The molecule has 3 amide bonds. The van der Waals surface area contributed by atoms with Gasteiger partial charge in [-0.1, -0.05) is 48.5 Å². The first kappa shape index (κ1) is 20.5. The second kappa shape index (κ2) is 8.92. The van der Waals surface area contributed by atoms with Crippen molar-refractivity contribution in [2.45, 2.75) is 18.9 Å². The molecule has 31 heavy (non-hydrogen) atoms. The molecule has 5 nitrogen and oxygen atoms in total. The van der Waals surface area contributed by atoms with Gasteiger partial charge in [0, 0.05) is 12.1 Å².